The predicted molar refractivity (Wildman–Crippen MR) is 110 cm³/mol. The molecular weight excluding hydrogens is 376 g/mol. The summed E-state index contributed by atoms with van der Waals surface area (Å²) in [5, 5.41) is 2.71. The van der Waals surface area contributed by atoms with Crippen molar-refractivity contribution in [2.75, 3.05) is 18.9 Å². The molecule has 7 heteroatoms. The molecular formula is C21H24N2O4S. The Morgan fingerprint density at radius 3 is 2.25 bits per heavy atom. The van der Waals surface area contributed by atoms with Gasteiger partial charge in [-0.3, -0.25) is 19.2 Å². The Bertz CT molecular complexity index is 845. The van der Waals surface area contributed by atoms with Crippen LogP contribution < -0.4 is 5.32 Å². The zero-order chi connectivity index (χ0) is 20.5. The Balaban J connectivity index is 1.68. The normalized spacial score (nSPS) is 10.4. The Labute approximate surface area is 168 Å². The predicted octanol–water partition coefficient (Wildman–Crippen LogP) is 3.47. The number of benzene rings is 1. The fourth-order valence-corrected chi connectivity index (χ4v) is 3.38. The topological polar surface area (TPSA) is 83.6 Å². The van der Waals surface area contributed by atoms with Crippen LogP contribution in [0.25, 0.3) is 0 Å². The third-order valence-corrected chi connectivity index (χ3v) is 5.17. The minimum absolute atomic E-state index is 0.0280. The van der Waals surface area contributed by atoms with Crippen LogP contribution in [0.5, 0.6) is 0 Å². The maximum atomic E-state index is 12.1. The molecule has 0 aliphatic carbocycles. The number of anilines is 1. The smallest absolute Gasteiger partial charge is 0.243 e. The second-order valence-corrected chi connectivity index (χ2v) is 7.82. The van der Waals surface area contributed by atoms with Gasteiger partial charge < -0.3 is 10.2 Å². The molecule has 0 bridgehead atoms. The van der Waals surface area contributed by atoms with Crippen molar-refractivity contribution in [2.45, 2.75) is 32.6 Å². The summed E-state index contributed by atoms with van der Waals surface area (Å²) in [6, 6.07) is 12.6. The Kier molecular flexibility index (Phi) is 8.07. The van der Waals surface area contributed by atoms with Gasteiger partial charge in [-0.1, -0.05) is 18.2 Å². The van der Waals surface area contributed by atoms with Gasteiger partial charge in [-0.15, -0.1) is 11.3 Å². The minimum Gasteiger partial charge on any atom is -0.336 e. The molecule has 1 aromatic carbocycles. The first kappa shape index (κ1) is 21.5. The second-order valence-electron chi connectivity index (χ2n) is 6.54. The first-order valence-electron chi connectivity index (χ1n) is 9.05. The van der Waals surface area contributed by atoms with E-state index in [1.165, 1.54) is 23.3 Å². The van der Waals surface area contributed by atoms with Crippen molar-refractivity contribution in [2.24, 2.45) is 0 Å². The number of ketones is 2. The maximum absolute atomic E-state index is 12.1. The van der Waals surface area contributed by atoms with Gasteiger partial charge in [-0.05, 0) is 31.2 Å². The van der Waals surface area contributed by atoms with Crippen molar-refractivity contribution < 1.29 is 19.2 Å². The van der Waals surface area contributed by atoms with Crippen LogP contribution in [0, 0.1) is 6.92 Å². The van der Waals surface area contributed by atoms with Crippen LogP contribution in [-0.2, 0) is 14.4 Å². The standard InChI is InChI=1S/C21H24N2O4S/c1-15-8-12-19(28-15)18(25)11-9-17(24)10-13-21(27)23(2)14-20(26)22-16-6-4-3-5-7-16/h3-8,12H,9-11,13-14H2,1-2H3,(H,22,26). The van der Waals surface area contributed by atoms with Crippen molar-refractivity contribution in [1.82, 2.24) is 4.90 Å². The van der Waals surface area contributed by atoms with Crippen LogP contribution in [0.4, 0.5) is 5.69 Å². The minimum atomic E-state index is -0.301. The number of likely N-dealkylation sites (N-methyl/N-ethyl adjacent to an activating group) is 1. The van der Waals surface area contributed by atoms with Crippen molar-refractivity contribution in [3.63, 3.8) is 0 Å². The van der Waals surface area contributed by atoms with Gasteiger partial charge >= 0.3 is 0 Å². The van der Waals surface area contributed by atoms with Crippen LogP contribution >= 0.6 is 11.3 Å². The van der Waals surface area contributed by atoms with Gasteiger partial charge in [0.1, 0.15) is 5.78 Å². The molecule has 6 nitrogen and oxygen atoms in total. The third kappa shape index (κ3) is 7.08. The van der Waals surface area contributed by atoms with Crippen LogP contribution in [0.15, 0.2) is 42.5 Å². The van der Waals surface area contributed by atoms with E-state index in [-0.39, 0.29) is 55.6 Å². The van der Waals surface area contributed by atoms with E-state index < -0.39 is 0 Å². The monoisotopic (exact) mass is 400 g/mol. The number of hydrogen-bond donors (Lipinski definition) is 1. The van der Waals surface area contributed by atoms with Gasteiger partial charge in [0, 0.05) is 43.3 Å². The highest BCUT2D eigenvalue weighted by molar-refractivity contribution is 7.14. The lowest BCUT2D eigenvalue weighted by Gasteiger charge is -2.16. The third-order valence-electron chi connectivity index (χ3n) is 4.13. The van der Waals surface area contributed by atoms with Crippen molar-refractivity contribution in [3.05, 3.63) is 52.2 Å². The van der Waals surface area contributed by atoms with Gasteiger partial charge in [0.05, 0.1) is 11.4 Å². The molecule has 0 aliphatic rings. The number of nitrogens with one attached hydrogen (secondary N) is 1. The molecule has 28 heavy (non-hydrogen) atoms. The van der Waals surface area contributed by atoms with Crippen LogP contribution in [0.3, 0.4) is 0 Å². The Hall–Kier alpha value is -2.80. The first-order chi connectivity index (χ1) is 13.3. The number of carbonyl (C=O) groups is 4. The lowest BCUT2D eigenvalue weighted by atomic mass is 10.1. The van der Waals surface area contributed by atoms with E-state index in [9.17, 15) is 19.2 Å². The van der Waals surface area contributed by atoms with Gasteiger partial charge in [0.2, 0.25) is 11.8 Å². The van der Waals surface area contributed by atoms with E-state index in [0.29, 0.717) is 10.6 Å². The number of hydrogen-bond acceptors (Lipinski definition) is 5. The van der Waals surface area contributed by atoms with E-state index >= 15 is 0 Å². The summed E-state index contributed by atoms with van der Waals surface area (Å²) in [7, 11) is 1.53. The largest absolute Gasteiger partial charge is 0.336 e. The van der Waals surface area contributed by atoms with Gasteiger partial charge in [0.25, 0.3) is 0 Å². The lowest BCUT2D eigenvalue weighted by molar-refractivity contribution is -0.134. The molecule has 0 radical (unpaired) electrons. The SMILES string of the molecule is Cc1ccc(C(=O)CCC(=O)CCC(=O)N(C)CC(=O)Nc2ccccc2)s1. The zero-order valence-electron chi connectivity index (χ0n) is 16.1. The average Bonchev–Trinajstić information content (AvgIpc) is 3.11. The molecule has 0 saturated heterocycles. The maximum Gasteiger partial charge on any atom is 0.243 e. The molecule has 0 aliphatic heterocycles. The highest BCUT2D eigenvalue weighted by atomic mass is 32.1. The summed E-state index contributed by atoms with van der Waals surface area (Å²) in [6.45, 7) is 1.84. The molecule has 2 amide bonds. The number of thiophene rings is 1. The fraction of sp³-hybridized carbons (Fsp3) is 0.333. The highest BCUT2D eigenvalue weighted by Gasteiger charge is 2.16. The molecule has 1 N–H and O–H groups in total. The number of para-hydroxylation sites is 1. The Morgan fingerprint density at radius 2 is 1.61 bits per heavy atom. The Morgan fingerprint density at radius 1 is 0.929 bits per heavy atom. The molecule has 1 aromatic heterocycles. The number of amides is 2. The number of carbonyl (C=O) groups excluding carboxylic acids is 4. The summed E-state index contributed by atoms with van der Waals surface area (Å²) in [4.78, 5) is 51.1. The molecule has 0 unspecified atom stereocenters. The second kappa shape index (κ2) is 10.5. The zero-order valence-corrected chi connectivity index (χ0v) is 16.9. The van der Waals surface area contributed by atoms with Crippen LogP contribution in [0.2, 0.25) is 0 Å². The number of nitrogens with zero attached hydrogens (tertiary/aromatic N) is 1. The quantitative estimate of drug-likeness (QED) is 0.619. The van der Waals surface area contributed by atoms with E-state index in [2.05, 4.69) is 5.32 Å². The molecule has 2 rings (SSSR count). The lowest BCUT2D eigenvalue weighted by Crippen LogP contribution is -2.35. The van der Waals surface area contributed by atoms with E-state index in [1.54, 1.807) is 30.3 Å². The van der Waals surface area contributed by atoms with E-state index in [4.69, 9.17) is 0 Å². The molecule has 2 aromatic rings. The summed E-state index contributed by atoms with van der Waals surface area (Å²) in [6.07, 6.45) is 0.379. The average molecular weight is 401 g/mol. The fourth-order valence-electron chi connectivity index (χ4n) is 2.55. The highest BCUT2D eigenvalue weighted by Crippen LogP contribution is 2.18. The van der Waals surface area contributed by atoms with Crippen LogP contribution in [-0.4, -0.2) is 41.9 Å². The van der Waals surface area contributed by atoms with E-state index in [1.807, 2.05) is 19.1 Å². The van der Waals surface area contributed by atoms with Gasteiger partial charge in [0.15, 0.2) is 5.78 Å². The van der Waals surface area contributed by atoms with Gasteiger partial charge in [-0.25, -0.2) is 0 Å². The van der Waals surface area contributed by atoms with Crippen molar-refractivity contribution in [1.29, 1.82) is 0 Å². The molecule has 0 saturated carbocycles. The summed E-state index contributed by atoms with van der Waals surface area (Å²) < 4.78 is 0. The summed E-state index contributed by atoms with van der Waals surface area (Å²) in [5.74, 6) is -0.758. The van der Waals surface area contributed by atoms with Crippen molar-refractivity contribution >= 4 is 40.4 Å². The molecule has 148 valence electrons. The van der Waals surface area contributed by atoms with Crippen molar-refractivity contribution in [3.8, 4) is 0 Å². The van der Waals surface area contributed by atoms with E-state index in [0.717, 1.165) is 4.88 Å². The summed E-state index contributed by atoms with van der Waals surface area (Å²) in [5.41, 5.74) is 0.661. The molecule has 0 spiro atoms. The molecule has 1 heterocycles. The van der Waals surface area contributed by atoms with Crippen LogP contribution in [0.1, 0.15) is 40.2 Å². The number of Topliss-reactive ketones (excluding diaryl/α,β-unsaturated/α-hetero) is 2. The van der Waals surface area contributed by atoms with Gasteiger partial charge in [-0.2, -0.15) is 0 Å². The molecule has 0 atom stereocenters. The number of rotatable bonds is 10. The summed E-state index contributed by atoms with van der Waals surface area (Å²) >= 11 is 1.42. The molecule has 0 fully saturated rings. The number of aryl methyl sites for hydroxylation is 1. The first-order valence-corrected chi connectivity index (χ1v) is 9.87.